The second-order valence-corrected chi connectivity index (χ2v) is 3.59. The van der Waals surface area contributed by atoms with Crippen LogP contribution in [0.5, 0.6) is 0 Å². The van der Waals surface area contributed by atoms with Crippen LogP contribution in [0.2, 0.25) is 0 Å². The molecule has 0 spiro atoms. The highest BCUT2D eigenvalue weighted by atomic mass is 79.9. The van der Waals surface area contributed by atoms with Crippen molar-refractivity contribution in [1.29, 1.82) is 0 Å². The highest BCUT2D eigenvalue weighted by molar-refractivity contribution is 9.10. The number of ketones is 1. The third-order valence-electron chi connectivity index (χ3n) is 1.88. The minimum Gasteiger partial charge on any atom is -0.463 e. The molecule has 12 heavy (non-hydrogen) atoms. The van der Waals surface area contributed by atoms with E-state index in [0.717, 1.165) is 22.2 Å². The smallest absolute Gasteiger partial charge is 0.156 e. The van der Waals surface area contributed by atoms with Crippen molar-refractivity contribution in [1.82, 2.24) is 0 Å². The molecule has 0 N–H and O–H groups in total. The van der Waals surface area contributed by atoms with Gasteiger partial charge in [0.1, 0.15) is 5.76 Å². The van der Waals surface area contributed by atoms with E-state index in [0.29, 0.717) is 6.42 Å². The molecule has 0 unspecified atom stereocenters. The van der Waals surface area contributed by atoms with E-state index in [1.54, 1.807) is 12.3 Å². The van der Waals surface area contributed by atoms with Gasteiger partial charge in [-0.05, 0) is 40.1 Å². The lowest BCUT2D eigenvalue weighted by Gasteiger charge is -1.94. The maximum Gasteiger partial charge on any atom is 0.156 e. The van der Waals surface area contributed by atoms with Crippen LogP contribution >= 0.6 is 15.9 Å². The van der Waals surface area contributed by atoms with Crippen LogP contribution in [0.1, 0.15) is 18.6 Å². The molecule has 2 nitrogen and oxygen atoms in total. The Morgan fingerprint density at radius 1 is 1.42 bits per heavy atom. The van der Waals surface area contributed by atoms with Crippen LogP contribution < -0.4 is 0 Å². The Balaban J connectivity index is 2.38. The Morgan fingerprint density at radius 2 is 2.25 bits per heavy atom. The number of furan rings is 1. The van der Waals surface area contributed by atoms with Crippen molar-refractivity contribution in [3.05, 3.63) is 28.6 Å². The van der Waals surface area contributed by atoms with Crippen molar-refractivity contribution >= 4 is 27.3 Å². The average molecular weight is 227 g/mol. The molecule has 1 aromatic rings. The molecule has 1 heterocycles. The fourth-order valence-electron chi connectivity index (χ4n) is 1.30. The molecule has 0 saturated carbocycles. The van der Waals surface area contributed by atoms with Crippen LogP contribution in [0.15, 0.2) is 27.3 Å². The number of halogens is 1. The first-order chi connectivity index (χ1) is 5.77. The van der Waals surface area contributed by atoms with Crippen molar-refractivity contribution in [2.75, 3.05) is 0 Å². The summed E-state index contributed by atoms with van der Waals surface area (Å²) in [5.74, 6) is 0.981. The molecule has 0 saturated heterocycles. The molecule has 0 bridgehead atoms. The Bertz CT molecular complexity index is 349. The van der Waals surface area contributed by atoms with E-state index in [9.17, 15) is 4.79 Å². The molecule has 1 aliphatic rings. The largest absolute Gasteiger partial charge is 0.463 e. The van der Waals surface area contributed by atoms with Crippen LogP contribution in [0.25, 0.3) is 5.57 Å². The maximum atomic E-state index is 10.9. The monoisotopic (exact) mass is 226 g/mol. The highest BCUT2D eigenvalue weighted by Gasteiger charge is 2.17. The van der Waals surface area contributed by atoms with Crippen LogP contribution in [0.3, 0.4) is 0 Å². The van der Waals surface area contributed by atoms with Gasteiger partial charge in [-0.1, -0.05) is 0 Å². The summed E-state index contributed by atoms with van der Waals surface area (Å²) in [7, 11) is 0. The minimum atomic E-state index is 0.188. The quantitative estimate of drug-likeness (QED) is 0.738. The zero-order chi connectivity index (χ0) is 8.55. The summed E-state index contributed by atoms with van der Waals surface area (Å²) in [6, 6.07) is 1.83. The van der Waals surface area contributed by atoms with Crippen molar-refractivity contribution < 1.29 is 9.21 Å². The van der Waals surface area contributed by atoms with Crippen LogP contribution in [-0.2, 0) is 4.79 Å². The summed E-state index contributed by atoms with van der Waals surface area (Å²) < 4.78 is 6.15. The van der Waals surface area contributed by atoms with E-state index in [-0.39, 0.29) is 5.78 Å². The van der Waals surface area contributed by atoms with Gasteiger partial charge in [0, 0.05) is 6.42 Å². The molecule has 0 fully saturated rings. The van der Waals surface area contributed by atoms with Gasteiger partial charge in [-0.3, -0.25) is 4.79 Å². The third-order valence-corrected chi connectivity index (χ3v) is 2.51. The lowest BCUT2D eigenvalue weighted by molar-refractivity contribution is -0.114. The Labute approximate surface area is 78.4 Å². The van der Waals surface area contributed by atoms with Crippen molar-refractivity contribution in [2.24, 2.45) is 0 Å². The summed E-state index contributed by atoms with van der Waals surface area (Å²) in [6.07, 6.45) is 4.68. The normalized spacial score (nSPS) is 16.8. The van der Waals surface area contributed by atoms with Gasteiger partial charge in [0.2, 0.25) is 0 Å². The second kappa shape index (κ2) is 2.90. The maximum absolute atomic E-state index is 10.9. The number of carbonyl (C=O) groups excluding carboxylic acids is 1. The molecule has 0 aliphatic heterocycles. The molecule has 62 valence electrons. The van der Waals surface area contributed by atoms with E-state index in [1.807, 2.05) is 6.07 Å². The molecule has 0 radical (unpaired) electrons. The summed E-state index contributed by atoms with van der Waals surface area (Å²) in [4.78, 5) is 10.9. The number of hydrogen-bond donors (Lipinski definition) is 0. The lowest BCUT2D eigenvalue weighted by atomic mass is 10.2. The molecular weight excluding hydrogens is 220 g/mol. The third kappa shape index (κ3) is 1.25. The topological polar surface area (TPSA) is 30.2 Å². The van der Waals surface area contributed by atoms with Crippen LogP contribution in [0.4, 0.5) is 0 Å². The summed E-state index contributed by atoms with van der Waals surface area (Å²) >= 11 is 3.35. The molecule has 0 atom stereocenters. The Hall–Kier alpha value is -0.830. The molecule has 1 aliphatic carbocycles. The van der Waals surface area contributed by atoms with Gasteiger partial charge in [-0.25, -0.2) is 0 Å². The van der Waals surface area contributed by atoms with E-state index in [2.05, 4.69) is 15.9 Å². The summed E-state index contributed by atoms with van der Waals surface area (Å²) in [5.41, 5.74) is 0.997. The minimum absolute atomic E-state index is 0.188. The zero-order valence-corrected chi connectivity index (χ0v) is 7.93. The summed E-state index contributed by atoms with van der Waals surface area (Å²) in [6.45, 7) is 0. The number of rotatable bonds is 1. The summed E-state index contributed by atoms with van der Waals surface area (Å²) in [5, 5.41) is 0. The predicted molar refractivity (Wildman–Crippen MR) is 48.6 cm³/mol. The Morgan fingerprint density at radius 3 is 2.75 bits per heavy atom. The molecule has 0 aromatic carbocycles. The standard InChI is InChI=1S/C9H7BrO2/c10-8-3-4-12-9(8)6-1-2-7(11)5-6/h3-5H,1-2H2. The van der Waals surface area contributed by atoms with E-state index < -0.39 is 0 Å². The fraction of sp³-hybridized carbons (Fsp3) is 0.222. The second-order valence-electron chi connectivity index (χ2n) is 2.73. The van der Waals surface area contributed by atoms with Crippen molar-refractivity contribution in [3.63, 3.8) is 0 Å². The number of hydrogen-bond acceptors (Lipinski definition) is 2. The Kier molecular flexibility index (Phi) is 1.89. The van der Waals surface area contributed by atoms with Crippen molar-refractivity contribution in [2.45, 2.75) is 12.8 Å². The van der Waals surface area contributed by atoms with Gasteiger partial charge in [0.15, 0.2) is 5.78 Å². The van der Waals surface area contributed by atoms with E-state index in [1.165, 1.54) is 0 Å². The molecule has 0 amide bonds. The predicted octanol–water partition coefficient (Wildman–Crippen LogP) is 2.79. The molecule has 3 heteroatoms. The van der Waals surface area contributed by atoms with Crippen molar-refractivity contribution in [3.8, 4) is 0 Å². The van der Waals surface area contributed by atoms with E-state index >= 15 is 0 Å². The lowest BCUT2D eigenvalue weighted by Crippen LogP contribution is -1.80. The van der Waals surface area contributed by atoms with Gasteiger partial charge in [-0.2, -0.15) is 0 Å². The first-order valence-corrected chi connectivity index (χ1v) is 4.53. The average Bonchev–Trinajstić information content (AvgIpc) is 2.58. The fourth-order valence-corrected chi connectivity index (χ4v) is 1.75. The highest BCUT2D eigenvalue weighted by Crippen LogP contribution is 2.31. The molecule has 1 aromatic heterocycles. The first-order valence-electron chi connectivity index (χ1n) is 3.74. The van der Waals surface area contributed by atoms with Gasteiger partial charge < -0.3 is 4.42 Å². The van der Waals surface area contributed by atoms with Crippen LogP contribution in [-0.4, -0.2) is 5.78 Å². The van der Waals surface area contributed by atoms with E-state index in [4.69, 9.17) is 4.42 Å². The SMILES string of the molecule is O=C1C=C(c2occc2Br)CC1. The number of carbonyl (C=O) groups is 1. The van der Waals surface area contributed by atoms with Gasteiger partial charge >= 0.3 is 0 Å². The van der Waals surface area contributed by atoms with Gasteiger partial charge in [0.05, 0.1) is 10.7 Å². The molecule has 2 rings (SSSR count). The van der Waals surface area contributed by atoms with Gasteiger partial charge in [0.25, 0.3) is 0 Å². The van der Waals surface area contributed by atoms with Gasteiger partial charge in [-0.15, -0.1) is 0 Å². The number of allylic oxidation sites excluding steroid dienone is 2. The first kappa shape index (κ1) is 7.80. The van der Waals surface area contributed by atoms with Crippen LogP contribution in [0, 0.1) is 0 Å². The zero-order valence-electron chi connectivity index (χ0n) is 6.34. The molecular formula is C9H7BrO2.